The van der Waals surface area contributed by atoms with E-state index in [-0.39, 0.29) is 19.7 Å². The van der Waals surface area contributed by atoms with E-state index in [1.54, 1.807) is 32.1 Å². The normalized spacial score (nSPS) is 11.7. The summed E-state index contributed by atoms with van der Waals surface area (Å²) in [5.74, 6) is 0.418. The van der Waals surface area contributed by atoms with Crippen LogP contribution in [-0.2, 0) is 14.2 Å². The van der Waals surface area contributed by atoms with Crippen molar-refractivity contribution in [3.05, 3.63) is 35.9 Å². The minimum absolute atomic E-state index is 0.00959. The zero-order chi connectivity index (χ0) is 17.2. The molecule has 1 aromatic rings. The van der Waals surface area contributed by atoms with E-state index in [2.05, 4.69) is 6.58 Å². The van der Waals surface area contributed by atoms with Crippen molar-refractivity contribution in [3.8, 4) is 11.5 Å². The van der Waals surface area contributed by atoms with Crippen molar-refractivity contribution < 1.29 is 28.5 Å². The number of methoxy groups -OCH3 is 2. The second-order valence-electron chi connectivity index (χ2n) is 4.96. The summed E-state index contributed by atoms with van der Waals surface area (Å²) in [7, 11) is 3.03. The number of carbonyl (C=O) groups excluding carboxylic acids is 1. The number of hydrogen-bond acceptors (Lipinski definition) is 6. The topological polar surface area (TPSA) is 63.2 Å². The second-order valence-corrected chi connectivity index (χ2v) is 4.96. The van der Waals surface area contributed by atoms with Gasteiger partial charge in [0.1, 0.15) is 23.2 Å². The molecule has 0 unspecified atom stereocenters. The Morgan fingerprint density at radius 2 is 1.87 bits per heavy atom. The van der Waals surface area contributed by atoms with Crippen molar-refractivity contribution >= 4 is 5.97 Å². The van der Waals surface area contributed by atoms with E-state index in [9.17, 15) is 4.79 Å². The maximum atomic E-state index is 12.4. The van der Waals surface area contributed by atoms with E-state index >= 15 is 0 Å². The molecule has 6 nitrogen and oxygen atoms in total. The number of ether oxygens (including phenoxy) is 5. The molecule has 128 valence electrons. The maximum Gasteiger partial charge on any atom is 0.342 e. The van der Waals surface area contributed by atoms with Crippen LogP contribution in [0.3, 0.4) is 0 Å². The highest BCUT2D eigenvalue weighted by atomic mass is 16.7. The Balaban J connectivity index is 3.06. The van der Waals surface area contributed by atoms with Gasteiger partial charge in [-0.15, -0.1) is 6.58 Å². The molecular weight excluding hydrogens is 300 g/mol. The fourth-order valence-corrected chi connectivity index (χ4v) is 1.96. The lowest BCUT2D eigenvalue weighted by Gasteiger charge is -2.17. The summed E-state index contributed by atoms with van der Waals surface area (Å²) < 4.78 is 26.1. The first-order valence-corrected chi connectivity index (χ1v) is 7.23. The Labute approximate surface area is 136 Å². The molecule has 23 heavy (non-hydrogen) atoms. The van der Waals surface area contributed by atoms with Crippen molar-refractivity contribution in [2.45, 2.75) is 26.4 Å². The monoisotopic (exact) mass is 324 g/mol. The smallest absolute Gasteiger partial charge is 0.342 e. The molecule has 0 aliphatic heterocycles. The third kappa shape index (κ3) is 5.92. The summed E-state index contributed by atoms with van der Waals surface area (Å²) >= 11 is 0. The predicted molar refractivity (Wildman–Crippen MR) is 85.9 cm³/mol. The molecule has 0 saturated carbocycles. The van der Waals surface area contributed by atoms with E-state index in [0.717, 1.165) is 0 Å². The van der Waals surface area contributed by atoms with E-state index in [0.29, 0.717) is 29.0 Å². The molecule has 0 aliphatic carbocycles. The first-order valence-electron chi connectivity index (χ1n) is 7.23. The van der Waals surface area contributed by atoms with Crippen LogP contribution in [0.4, 0.5) is 0 Å². The molecule has 0 saturated heterocycles. The van der Waals surface area contributed by atoms with Crippen LogP contribution in [-0.4, -0.2) is 39.9 Å². The number of rotatable bonds is 10. The molecule has 1 aromatic carbocycles. The highest BCUT2D eigenvalue weighted by molar-refractivity contribution is 5.94. The van der Waals surface area contributed by atoms with Gasteiger partial charge in [-0.25, -0.2) is 4.79 Å². The van der Waals surface area contributed by atoms with Crippen LogP contribution in [0.5, 0.6) is 11.5 Å². The molecule has 0 aromatic heterocycles. The molecule has 0 radical (unpaired) electrons. The third-order valence-corrected chi connectivity index (χ3v) is 2.96. The fourth-order valence-electron chi connectivity index (χ4n) is 1.96. The Bertz CT molecular complexity index is 526. The standard InChI is InChI=1S/C17H24O6/c1-6-7-13(3)23-17(18)16-12(2)8-14(21-10-19-4)9-15(16)22-11-20-5/h6,8-9,13H,1,7,10-11H2,2-5H3/t13-/m0/s1. The van der Waals surface area contributed by atoms with Crippen LogP contribution in [0.2, 0.25) is 0 Å². The number of benzene rings is 1. The Hall–Kier alpha value is -2.05. The van der Waals surface area contributed by atoms with Crippen molar-refractivity contribution in [2.24, 2.45) is 0 Å². The highest BCUT2D eigenvalue weighted by Gasteiger charge is 2.21. The SMILES string of the molecule is C=CC[C@H](C)OC(=O)c1c(C)cc(OCOC)cc1OCOC. The van der Waals surface area contributed by atoms with Crippen molar-refractivity contribution in [3.63, 3.8) is 0 Å². The number of hydrogen-bond donors (Lipinski definition) is 0. The number of esters is 1. The van der Waals surface area contributed by atoms with Gasteiger partial charge in [0, 0.05) is 26.7 Å². The lowest BCUT2D eigenvalue weighted by molar-refractivity contribution is 0.0309. The lowest BCUT2D eigenvalue weighted by atomic mass is 10.1. The zero-order valence-corrected chi connectivity index (χ0v) is 14.1. The largest absolute Gasteiger partial charge is 0.467 e. The van der Waals surface area contributed by atoms with Crippen molar-refractivity contribution in [2.75, 3.05) is 27.8 Å². The number of aryl methyl sites for hydroxylation is 1. The van der Waals surface area contributed by atoms with Crippen molar-refractivity contribution in [1.82, 2.24) is 0 Å². The van der Waals surface area contributed by atoms with Crippen LogP contribution in [0.25, 0.3) is 0 Å². The van der Waals surface area contributed by atoms with Gasteiger partial charge in [-0.1, -0.05) is 6.08 Å². The summed E-state index contributed by atoms with van der Waals surface area (Å²) in [6.45, 7) is 7.34. The Morgan fingerprint density at radius 1 is 1.22 bits per heavy atom. The summed E-state index contributed by atoms with van der Waals surface area (Å²) in [6.07, 6.45) is 2.02. The summed E-state index contributed by atoms with van der Waals surface area (Å²) in [4.78, 5) is 12.4. The minimum Gasteiger partial charge on any atom is -0.467 e. The molecule has 1 atom stereocenters. The Morgan fingerprint density at radius 3 is 2.48 bits per heavy atom. The molecule has 0 bridgehead atoms. The summed E-state index contributed by atoms with van der Waals surface area (Å²) in [6, 6.07) is 3.34. The van der Waals surface area contributed by atoms with E-state index in [4.69, 9.17) is 23.7 Å². The molecular formula is C17H24O6. The fraction of sp³-hybridized carbons (Fsp3) is 0.471. The van der Waals surface area contributed by atoms with Crippen LogP contribution < -0.4 is 9.47 Å². The van der Waals surface area contributed by atoms with Gasteiger partial charge in [0.25, 0.3) is 0 Å². The van der Waals surface area contributed by atoms with Crippen LogP contribution >= 0.6 is 0 Å². The minimum atomic E-state index is -0.457. The second kappa shape index (κ2) is 9.86. The molecule has 6 heteroatoms. The maximum absolute atomic E-state index is 12.4. The lowest BCUT2D eigenvalue weighted by Crippen LogP contribution is -2.17. The van der Waals surface area contributed by atoms with Gasteiger partial charge < -0.3 is 23.7 Å². The van der Waals surface area contributed by atoms with Gasteiger partial charge >= 0.3 is 5.97 Å². The number of carbonyl (C=O) groups is 1. The predicted octanol–water partition coefficient (Wildman–Crippen LogP) is 3.08. The van der Waals surface area contributed by atoms with Gasteiger partial charge in [0.05, 0.1) is 0 Å². The zero-order valence-electron chi connectivity index (χ0n) is 14.1. The molecule has 0 aliphatic rings. The van der Waals surface area contributed by atoms with E-state index in [1.807, 2.05) is 0 Å². The molecule has 0 spiro atoms. The average molecular weight is 324 g/mol. The molecule has 0 fully saturated rings. The van der Waals surface area contributed by atoms with Gasteiger partial charge in [-0.3, -0.25) is 0 Å². The first kappa shape index (κ1) is 19.0. The molecule has 0 N–H and O–H groups in total. The molecule has 1 rings (SSSR count). The van der Waals surface area contributed by atoms with Gasteiger partial charge in [-0.2, -0.15) is 0 Å². The van der Waals surface area contributed by atoms with Crippen LogP contribution in [0, 0.1) is 6.92 Å². The molecule has 0 heterocycles. The van der Waals surface area contributed by atoms with Gasteiger partial charge in [0.15, 0.2) is 13.6 Å². The molecule has 0 amide bonds. The van der Waals surface area contributed by atoms with Crippen LogP contribution in [0.15, 0.2) is 24.8 Å². The third-order valence-electron chi connectivity index (χ3n) is 2.96. The highest BCUT2D eigenvalue weighted by Crippen LogP contribution is 2.30. The van der Waals surface area contributed by atoms with E-state index < -0.39 is 5.97 Å². The summed E-state index contributed by atoms with van der Waals surface area (Å²) in [5.41, 5.74) is 1.03. The quantitative estimate of drug-likeness (QED) is 0.374. The first-order chi connectivity index (χ1) is 11.0. The van der Waals surface area contributed by atoms with Gasteiger partial charge in [0.2, 0.25) is 0 Å². The Kier molecular flexibility index (Phi) is 8.15. The van der Waals surface area contributed by atoms with Crippen molar-refractivity contribution in [1.29, 1.82) is 0 Å². The summed E-state index contributed by atoms with van der Waals surface area (Å²) in [5, 5.41) is 0. The van der Waals surface area contributed by atoms with E-state index in [1.165, 1.54) is 14.2 Å². The average Bonchev–Trinajstić information content (AvgIpc) is 2.50. The van der Waals surface area contributed by atoms with Gasteiger partial charge in [-0.05, 0) is 25.5 Å². The van der Waals surface area contributed by atoms with Crippen LogP contribution in [0.1, 0.15) is 29.3 Å².